The van der Waals surface area contributed by atoms with Gasteiger partial charge in [-0.25, -0.2) is 0 Å². The Hall–Kier alpha value is -1.26. The Labute approximate surface area is 108 Å². The van der Waals surface area contributed by atoms with E-state index in [4.69, 9.17) is 15.2 Å². The van der Waals surface area contributed by atoms with Crippen molar-refractivity contribution < 1.29 is 9.47 Å². The highest BCUT2D eigenvalue weighted by Crippen LogP contribution is 2.23. The minimum atomic E-state index is 0.157. The molecule has 1 aromatic carbocycles. The Morgan fingerprint density at radius 1 is 1.39 bits per heavy atom. The summed E-state index contributed by atoms with van der Waals surface area (Å²) >= 11 is 0. The monoisotopic (exact) mass is 250 g/mol. The molecule has 1 heterocycles. The van der Waals surface area contributed by atoms with Gasteiger partial charge in [-0.3, -0.25) is 0 Å². The number of nitrogens with two attached hydrogens (primary N) is 1. The van der Waals surface area contributed by atoms with Gasteiger partial charge >= 0.3 is 0 Å². The molecule has 3 N–H and O–H groups in total. The molecule has 2 rings (SSSR count). The standard InChI is InChI=1S/C14H22N2O2/c1-14(5-7-18-8-6-14)16-10-11-3-4-12(17-2)9-13(11)15/h3-4,9,16H,5-8,10,15H2,1-2H3. The molecule has 0 unspecified atom stereocenters. The Kier molecular flexibility index (Phi) is 4.09. The fourth-order valence-corrected chi connectivity index (χ4v) is 2.17. The highest BCUT2D eigenvalue weighted by atomic mass is 16.5. The number of rotatable bonds is 4. The predicted octanol–water partition coefficient (Wildman–Crippen LogP) is 1.94. The molecule has 1 fully saturated rings. The van der Waals surface area contributed by atoms with E-state index < -0.39 is 0 Å². The van der Waals surface area contributed by atoms with Crippen molar-refractivity contribution in [1.82, 2.24) is 5.32 Å². The van der Waals surface area contributed by atoms with E-state index in [2.05, 4.69) is 12.2 Å². The minimum absolute atomic E-state index is 0.157. The van der Waals surface area contributed by atoms with E-state index in [-0.39, 0.29) is 5.54 Å². The Bertz CT molecular complexity index is 401. The van der Waals surface area contributed by atoms with Crippen LogP contribution in [0.2, 0.25) is 0 Å². The van der Waals surface area contributed by atoms with Gasteiger partial charge in [-0.15, -0.1) is 0 Å². The van der Waals surface area contributed by atoms with Crippen LogP contribution in [0.15, 0.2) is 18.2 Å². The van der Waals surface area contributed by atoms with Crippen LogP contribution in [-0.4, -0.2) is 25.9 Å². The summed E-state index contributed by atoms with van der Waals surface area (Å²) in [7, 11) is 1.65. The molecule has 1 aromatic rings. The third-order valence-corrected chi connectivity index (χ3v) is 3.66. The van der Waals surface area contributed by atoms with Crippen molar-refractivity contribution in [2.75, 3.05) is 26.1 Å². The van der Waals surface area contributed by atoms with E-state index in [1.165, 1.54) is 0 Å². The van der Waals surface area contributed by atoms with E-state index >= 15 is 0 Å². The van der Waals surface area contributed by atoms with Crippen LogP contribution in [0.4, 0.5) is 5.69 Å². The van der Waals surface area contributed by atoms with Crippen LogP contribution in [0.5, 0.6) is 5.75 Å². The maximum atomic E-state index is 6.01. The van der Waals surface area contributed by atoms with Crippen molar-refractivity contribution in [3.63, 3.8) is 0 Å². The Morgan fingerprint density at radius 2 is 2.11 bits per heavy atom. The lowest BCUT2D eigenvalue weighted by Gasteiger charge is -2.34. The molecule has 100 valence electrons. The quantitative estimate of drug-likeness (QED) is 0.802. The molecular formula is C14H22N2O2. The van der Waals surface area contributed by atoms with Gasteiger partial charge in [0.15, 0.2) is 0 Å². The number of ether oxygens (including phenoxy) is 2. The van der Waals surface area contributed by atoms with Crippen LogP contribution in [0.3, 0.4) is 0 Å². The first kappa shape index (κ1) is 13.2. The molecule has 4 heteroatoms. The summed E-state index contributed by atoms with van der Waals surface area (Å²) in [4.78, 5) is 0. The van der Waals surface area contributed by atoms with Crippen LogP contribution in [0.1, 0.15) is 25.3 Å². The lowest BCUT2D eigenvalue weighted by molar-refractivity contribution is 0.0446. The highest BCUT2D eigenvalue weighted by Gasteiger charge is 2.26. The highest BCUT2D eigenvalue weighted by molar-refractivity contribution is 5.51. The lowest BCUT2D eigenvalue weighted by Crippen LogP contribution is -2.46. The molecule has 1 aliphatic heterocycles. The third-order valence-electron chi connectivity index (χ3n) is 3.66. The fraction of sp³-hybridized carbons (Fsp3) is 0.571. The molecule has 18 heavy (non-hydrogen) atoms. The molecule has 1 aliphatic rings. The smallest absolute Gasteiger partial charge is 0.120 e. The second-order valence-corrected chi connectivity index (χ2v) is 5.09. The Balaban J connectivity index is 1.97. The van der Waals surface area contributed by atoms with E-state index in [1.807, 2.05) is 18.2 Å². The number of benzene rings is 1. The summed E-state index contributed by atoms with van der Waals surface area (Å²) in [6.07, 6.45) is 2.09. The molecule has 0 radical (unpaired) electrons. The maximum absolute atomic E-state index is 6.01. The molecule has 0 saturated carbocycles. The number of nitrogen functional groups attached to an aromatic ring is 1. The van der Waals surface area contributed by atoms with Crippen molar-refractivity contribution in [3.8, 4) is 5.75 Å². The van der Waals surface area contributed by atoms with Crippen LogP contribution in [0.25, 0.3) is 0 Å². The summed E-state index contributed by atoms with van der Waals surface area (Å²) in [6, 6.07) is 5.83. The van der Waals surface area contributed by atoms with Crippen LogP contribution >= 0.6 is 0 Å². The second kappa shape index (κ2) is 5.59. The number of nitrogens with one attached hydrogen (secondary N) is 1. The van der Waals surface area contributed by atoms with Gasteiger partial charge in [0.05, 0.1) is 7.11 Å². The van der Waals surface area contributed by atoms with Crippen molar-refractivity contribution in [3.05, 3.63) is 23.8 Å². The normalized spacial score (nSPS) is 18.6. The summed E-state index contributed by atoms with van der Waals surface area (Å²) in [5, 5.41) is 3.59. The van der Waals surface area contributed by atoms with Crippen molar-refractivity contribution in [2.24, 2.45) is 0 Å². The third kappa shape index (κ3) is 3.15. The van der Waals surface area contributed by atoms with Gasteiger partial charge in [0.1, 0.15) is 5.75 Å². The second-order valence-electron chi connectivity index (χ2n) is 5.09. The Morgan fingerprint density at radius 3 is 2.72 bits per heavy atom. The summed E-state index contributed by atoms with van der Waals surface area (Å²) in [6.45, 7) is 4.70. The topological polar surface area (TPSA) is 56.5 Å². The van der Waals surface area contributed by atoms with E-state index in [0.29, 0.717) is 0 Å². The first-order valence-electron chi connectivity index (χ1n) is 6.38. The SMILES string of the molecule is COc1ccc(CNC2(C)CCOCC2)c(N)c1. The summed E-state index contributed by atoms with van der Waals surface area (Å²) in [5.74, 6) is 0.800. The van der Waals surface area contributed by atoms with E-state index in [0.717, 1.165) is 49.6 Å². The molecule has 0 atom stereocenters. The van der Waals surface area contributed by atoms with Gasteiger partial charge in [-0.2, -0.15) is 0 Å². The van der Waals surface area contributed by atoms with Crippen LogP contribution in [0, 0.1) is 0 Å². The minimum Gasteiger partial charge on any atom is -0.497 e. The predicted molar refractivity (Wildman–Crippen MR) is 72.7 cm³/mol. The van der Waals surface area contributed by atoms with Crippen LogP contribution in [-0.2, 0) is 11.3 Å². The van der Waals surface area contributed by atoms with Gasteiger partial charge < -0.3 is 20.5 Å². The number of methoxy groups -OCH3 is 1. The van der Waals surface area contributed by atoms with Gasteiger partial charge in [0, 0.05) is 37.1 Å². The van der Waals surface area contributed by atoms with Crippen LogP contribution < -0.4 is 15.8 Å². The van der Waals surface area contributed by atoms with Gasteiger partial charge in [-0.05, 0) is 31.4 Å². The number of hydrogen-bond donors (Lipinski definition) is 2. The lowest BCUT2D eigenvalue weighted by atomic mass is 9.92. The van der Waals surface area contributed by atoms with Crippen molar-refractivity contribution >= 4 is 5.69 Å². The molecule has 0 bridgehead atoms. The zero-order chi connectivity index (χ0) is 13.0. The maximum Gasteiger partial charge on any atom is 0.120 e. The zero-order valence-corrected chi connectivity index (χ0v) is 11.2. The fourth-order valence-electron chi connectivity index (χ4n) is 2.17. The number of hydrogen-bond acceptors (Lipinski definition) is 4. The first-order valence-corrected chi connectivity index (χ1v) is 6.38. The van der Waals surface area contributed by atoms with Gasteiger partial charge in [0.2, 0.25) is 0 Å². The molecule has 0 aromatic heterocycles. The molecule has 4 nitrogen and oxygen atoms in total. The van der Waals surface area contributed by atoms with E-state index in [9.17, 15) is 0 Å². The number of anilines is 1. The largest absolute Gasteiger partial charge is 0.497 e. The average molecular weight is 250 g/mol. The molecule has 0 amide bonds. The summed E-state index contributed by atoms with van der Waals surface area (Å²) in [5.41, 5.74) is 8.06. The van der Waals surface area contributed by atoms with Crippen molar-refractivity contribution in [1.29, 1.82) is 0 Å². The summed E-state index contributed by atoms with van der Waals surface area (Å²) < 4.78 is 10.5. The zero-order valence-electron chi connectivity index (χ0n) is 11.2. The average Bonchev–Trinajstić information content (AvgIpc) is 2.38. The molecule has 1 saturated heterocycles. The van der Waals surface area contributed by atoms with E-state index in [1.54, 1.807) is 7.11 Å². The first-order chi connectivity index (χ1) is 8.63. The van der Waals surface area contributed by atoms with Gasteiger partial charge in [-0.1, -0.05) is 6.07 Å². The molecule has 0 aliphatic carbocycles. The van der Waals surface area contributed by atoms with Crippen molar-refractivity contribution in [2.45, 2.75) is 31.8 Å². The molecule has 0 spiro atoms. The molecular weight excluding hydrogens is 228 g/mol. The van der Waals surface area contributed by atoms with Gasteiger partial charge in [0.25, 0.3) is 0 Å².